The van der Waals surface area contributed by atoms with E-state index in [1.165, 1.54) is 12.1 Å². The maximum atomic E-state index is 11.8. The molecule has 1 aromatic heterocycles. The van der Waals surface area contributed by atoms with E-state index in [1.54, 1.807) is 13.0 Å². The van der Waals surface area contributed by atoms with Gasteiger partial charge in [-0.3, -0.25) is 10.1 Å². The summed E-state index contributed by atoms with van der Waals surface area (Å²) in [5.74, 6) is -0.512. The van der Waals surface area contributed by atoms with Crippen molar-refractivity contribution in [1.29, 1.82) is 0 Å². The number of aromatic amines is 1. The van der Waals surface area contributed by atoms with E-state index < -0.39 is 10.9 Å². The van der Waals surface area contributed by atoms with Gasteiger partial charge in [0.2, 0.25) is 0 Å². The number of rotatable bonds is 4. The van der Waals surface area contributed by atoms with E-state index in [9.17, 15) is 14.9 Å². The van der Waals surface area contributed by atoms with E-state index in [-0.39, 0.29) is 24.5 Å². The summed E-state index contributed by atoms with van der Waals surface area (Å²) in [6.07, 6.45) is 0. The summed E-state index contributed by atoms with van der Waals surface area (Å²) < 4.78 is 4.92. The van der Waals surface area contributed by atoms with Crippen molar-refractivity contribution in [3.8, 4) is 0 Å². The van der Waals surface area contributed by atoms with Crippen LogP contribution in [0.5, 0.6) is 0 Å². The number of carbonyl (C=O) groups excluding carboxylic acids is 1. The van der Waals surface area contributed by atoms with Gasteiger partial charge in [0.15, 0.2) is 0 Å². The Kier molecular flexibility index (Phi) is 3.48. The second kappa shape index (κ2) is 5.07. The van der Waals surface area contributed by atoms with Crippen molar-refractivity contribution in [1.82, 2.24) is 4.98 Å². The van der Waals surface area contributed by atoms with Crippen LogP contribution in [0.15, 0.2) is 18.2 Å². The smallest absolute Gasteiger partial charge is 0.355 e. The summed E-state index contributed by atoms with van der Waals surface area (Å²) in [4.78, 5) is 24.9. The predicted molar refractivity (Wildman–Crippen MR) is 68.8 cm³/mol. The third-order valence-electron chi connectivity index (χ3n) is 2.78. The lowest BCUT2D eigenvalue weighted by Gasteiger charge is -2.01. The van der Waals surface area contributed by atoms with Crippen LogP contribution in [0.1, 0.15) is 23.0 Å². The zero-order valence-corrected chi connectivity index (χ0v) is 10.3. The summed E-state index contributed by atoms with van der Waals surface area (Å²) in [6, 6.07) is 4.32. The SMILES string of the molecule is CCOC(=O)c1[nH]c2ccc([N+](=O)[O-])cc2c1CN. The fourth-order valence-electron chi connectivity index (χ4n) is 1.94. The number of esters is 1. The standard InChI is InChI=1S/C12H13N3O4/c1-2-19-12(16)11-9(6-13)8-5-7(15(17)18)3-4-10(8)14-11/h3-5,14H,2,6,13H2,1H3. The van der Waals surface area contributed by atoms with Crippen LogP contribution < -0.4 is 5.73 Å². The van der Waals surface area contributed by atoms with Crippen LogP contribution in [-0.4, -0.2) is 22.5 Å². The molecule has 0 radical (unpaired) electrons. The lowest BCUT2D eigenvalue weighted by Crippen LogP contribution is -2.10. The molecule has 7 heteroatoms. The Morgan fingerprint density at radius 1 is 1.53 bits per heavy atom. The molecular formula is C12H13N3O4. The number of nitrogens with zero attached hydrogens (tertiary/aromatic N) is 1. The topological polar surface area (TPSA) is 111 Å². The molecule has 0 aliphatic heterocycles. The second-order valence-corrected chi connectivity index (χ2v) is 3.89. The molecule has 19 heavy (non-hydrogen) atoms. The number of nitro benzene ring substituents is 1. The molecule has 2 rings (SSSR count). The van der Waals surface area contributed by atoms with E-state index in [1.807, 2.05) is 0 Å². The summed E-state index contributed by atoms with van der Waals surface area (Å²) >= 11 is 0. The van der Waals surface area contributed by atoms with Gasteiger partial charge in [-0.25, -0.2) is 4.79 Å². The Balaban J connectivity index is 2.61. The number of nitrogens with one attached hydrogen (secondary N) is 1. The first-order chi connectivity index (χ1) is 9.08. The van der Waals surface area contributed by atoms with E-state index >= 15 is 0 Å². The van der Waals surface area contributed by atoms with Crippen LogP contribution in [0.3, 0.4) is 0 Å². The minimum atomic E-state index is -0.512. The van der Waals surface area contributed by atoms with Gasteiger partial charge in [-0.15, -0.1) is 0 Å². The van der Waals surface area contributed by atoms with Gasteiger partial charge in [0, 0.05) is 35.1 Å². The quantitative estimate of drug-likeness (QED) is 0.495. The van der Waals surface area contributed by atoms with Gasteiger partial charge in [0.25, 0.3) is 5.69 Å². The number of nitrogens with two attached hydrogens (primary N) is 1. The molecule has 7 nitrogen and oxygen atoms in total. The Hall–Kier alpha value is -2.41. The number of carbonyl (C=O) groups is 1. The number of non-ortho nitro benzene ring substituents is 1. The van der Waals surface area contributed by atoms with Crippen molar-refractivity contribution < 1.29 is 14.5 Å². The number of aromatic nitrogens is 1. The van der Waals surface area contributed by atoms with Crippen molar-refractivity contribution >= 4 is 22.6 Å². The van der Waals surface area contributed by atoms with E-state index in [0.717, 1.165) is 0 Å². The summed E-state index contributed by atoms with van der Waals surface area (Å²) in [5.41, 5.74) is 6.97. The normalized spacial score (nSPS) is 10.6. The molecule has 0 amide bonds. The first-order valence-corrected chi connectivity index (χ1v) is 5.74. The zero-order chi connectivity index (χ0) is 14.0. The number of benzene rings is 1. The van der Waals surface area contributed by atoms with Gasteiger partial charge >= 0.3 is 5.97 Å². The Labute approximate surface area is 108 Å². The molecule has 0 saturated carbocycles. The third kappa shape index (κ3) is 2.27. The lowest BCUT2D eigenvalue weighted by atomic mass is 10.1. The fraction of sp³-hybridized carbons (Fsp3) is 0.250. The number of hydrogen-bond acceptors (Lipinski definition) is 5. The molecule has 1 heterocycles. The maximum Gasteiger partial charge on any atom is 0.355 e. The predicted octanol–water partition coefficient (Wildman–Crippen LogP) is 1.71. The maximum absolute atomic E-state index is 11.8. The van der Waals surface area contributed by atoms with Crippen LogP contribution >= 0.6 is 0 Å². The van der Waals surface area contributed by atoms with Crippen LogP contribution in [0.4, 0.5) is 5.69 Å². The highest BCUT2D eigenvalue weighted by Crippen LogP contribution is 2.26. The Morgan fingerprint density at radius 2 is 2.26 bits per heavy atom. The molecule has 3 N–H and O–H groups in total. The third-order valence-corrected chi connectivity index (χ3v) is 2.78. The van der Waals surface area contributed by atoms with E-state index in [0.29, 0.717) is 16.5 Å². The minimum Gasteiger partial charge on any atom is -0.461 e. The van der Waals surface area contributed by atoms with E-state index in [2.05, 4.69) is 4.98 Å². The molecule has 1 aromatic carbocycles. The monoisotopic (exact) mass is 263 g/mol. The number of nitro groups is 1. The molecule has 2 aromatic rings. The first-order valence-electron chi connectivity index (χ1n) is 5.74. The summed E-state index contributed by atoms with van der Waals surface area (Å²) in [7, 11) is 0. The Bertz CT molecular complexity index is 648. The van der Waals surface area contributed by atoms with Crippen molar-refractivity contribution in [3.63, 3.8) is 0 Å². The van der Waals surface area contributed by atoms with Crippen LogP contribution in [0.2, 0.25) is 0 Å². The van der Waals surface area contributed by atoms with Gasteiger partial charge in [-0.05, 0) is 13.0 Å². The average molecular weight is 263 g/mol. The molecule has 0 spiro atoms. The van der Waals surface area contributed by atoms with Crippen molar-refractivity contribution in [2.24, 2.45) is 5.73 Å². The second-order valence-electron chi connectivity index (χ2n) is 3.89. The van der Waals surface area contributed by atoms with Gasteiger partial charge in [-0.1, -0.05) is 0 Å². The molecular weight excluding hydrogens is 250 g/mol. The molecule has 0 unspecified atom stereocenters. The van der Waals surface area contributed by atoms with Crippen molar-refractivity contribution in [2.75, 3.05) is 6.61 Å². The summed E-state index contributed by atoms with van der Waals surface area (Å²) in [5, 5.41) is 11.3. The highest BCUT2D eigenvalue weighted by Gasteiger charge is 2.19. The highest BCUT2D eigenvalue weighted by atomic mass is 16.6. The lowest BCUT2D eigenvalue weighted by molar-refractivity contribution is -0.384. The number of H-pyrrole nitrogens is 1. The van der Waals surface area contributed by atoms with Gasteiger partial charge in [0.1, 0.15) is 5.69 Å². The van der Waals surface area contributed by atoms with E-state index in [4.69, 9.17) is 10.5 Å². The van der Waals surface area contributed by atoms with Gasteiger partial charge < -0.3 is 15.5 Å². The number of hydrogen-bond donors (Lipinski definition) is 2. The van der Waals surface area contributed by atoms with Crippen LogP contribution in [0, 0.1) is 10.1 Å². The van der Waals surface area contributed by atoms with Crippen molar-refractivity contribution in [3.05, 3.63) is 39.6 Å². The molecule has 0 saturated heterocycles. The molecule has 0 fully saturated rings. The van der Waals surface area contributed by atoms with Crippen LogP contribution in [-0.2, 0) is 11.3 Å². The average Bonchev–Trinajstić information content (AvgIpc) is 2.76. The largest absolute Gasteiger partial charge is 0.461 e. The van der Waals surface area contributed by atoms with Gasteiger partial charge in [-0.2, -0.15) is 0 Å². The summed E-state index contributed by atoms with van der Waals surface area (Å²) in [6.45, 7) is 2.04. The number of fused-ring (bicyclic) bond motifs is 1. The molecule has 0 bridgehead atoms. The molecule has 100 valence electrons. The Morgan fingerprint density at radius 3 is 2.84 bits per heavy atom. The molecule has 0 aliphatic carbocycles. The number of ether oxygens (including phenoxy) is 1. The first kappa shape index (κ1) is 13.0. The minimum absolute atomic E-state index is 0.0448. The highest BCUT2D eigenvalue weighted by molar-refractivity contribution is 5.98. The molecule has 0 atom stereocenters. The molecule has 0 aliphatic rings. The van der Waals surface area contributed by atoms with Gasteiger partial charge in [0.05, 0.1) is 11.5 Å². The zero-order valence-electron chi connectivity index (χ0n) is 10.3. The fourth-order valence-corrected chi connectivity index (χ4v) is 1.94. The van der Waals surface area contributed by atoms with Crippen LogP contribution in [0.25, 0.3) is 10.9 Å². The van der Waals surface area contributed by atoms with Crippen molar-refractivity contribution in [2.45, 2.75) is 13.5 Å².